The first-order valence-electron chi connectivity index (χ1n) is 5.25. The first kappa shape index (κ1) is 12.3. The topological polar surface area (TPSA) is 0 Å². The maximum Gasteiger partial charge on any atom is 0.416 e. The maximum atomic E-state index is 12.4. The van der Waals surface area contributed by atoms with Gasteiger partial charge < -0.3 is 0 Å². The smallest absolute Gasteiger partial charge is 0.166 e. The van der Waals surface area contributed by atoms with Crippen LogP contribution in [0.3, 0.4) is 0 Å². The molecular weight excluding hydrogens is 237 g/mol. The highest BCUT2D eigenvalue weighted by atomic mass is 19.4. The van der Waals surface area contributed by atoms with Crippen LogP contribution in [-0.4, -0.2) is 0 Å². The highest BCUT2D eigenvalue weighted by Crippen LogP contribution is 2.30. The van der Waals surface area contributed by atoms with Crippen molar-refractivity contribution >= 4 is 0 Å². The summed E-state index contributed by atoms with van der Waals surface area (Å²) in [5, 5.41) is 0. The average molecular weight is 246 g/mol. The Morgan fingerprint density at radius 1 is 0.778 bits per heavy atom. The Morgan fingerprint density at radius 3 is 1.61 bits per heavy atom. The molecule has 0 radical (unpaired) electrons. The van der Waals surface area contributed by atoms with Gasteiger partial charge in [0, 0.05) is 5.56 Å². The fraction of sp³-hybridized carbons (Fsp3) is 0.0667. The molecule has 18 heavy (non-hydrogen) atoms. The molecule has 0 saturated heterocycles. The predicted octanol–water partition coefficient (Wildman–Crippen LogP) is 4.35. The summed E-state index contributed by atoms with van der Waals surface area (Å²) in [6.45, 7) is 0. The quantitative estimate of drug-likeness (QED) is 0.656. The number of terminal acetylenes is 1. The zero-order chi connectivity index (χ0) is 13.2. The molecule has 0 aliphatic rings. The molecule has 2 aromatic rings. The van der Waals surface area contributed by atoms with E-state index in [4.69, 9.17) is 6.42 Å². The van der Waals surface area contributed by atoms with Gasteiger partial charge in [-0.2, -0.15) is 13.2 Å². The Bertz CT molecular complexity index is 569. The van der Waals surface area contributed by atoms with Crippen molar-refractivity contribution in [2.45, 2.75) is 6.18 Å². The van der Waals surface area contributed by atoms with E-state index in [-0.39, 0.29) is 0 Å². The van der Waals surface area contributed by atoms with Gasteiger partial charge in [-0.1, -0.05) is 30.2 Å². The van der Waals surface area contributed by atoms with Gasteiger partial charge in [0.25, 0.3) is 0 Å². The summed E-state index contributed by atoms with van der Waals surface area (Å²) in [7, 11) is 0. The van der Waals surface area contributed by atoms with Crippen LogP contribution in [0, 0.1) is 12.3 Å². The van der Waals surface area contributed by atoms with E-state index in [1.165, 1.54) is 12.1 Å². The van der Waals surface area contributed by atoms with Crippen LogP contribution in [-0.2, 0) is 6.18 Å². The Hall–Kier alpha value is -2.21. The highest BCUT2D eigenvalue weighted by Gasteiger charge is 2.29. The monoisotopic (exact) mass is 246 g/mol. The molecule has 0 saturated carbocycles. The lowest BCUT2D eigenvalue weighted by atomic mass is 10.0. The Labute approximate surface area is 103 Å². The fourth-order valence-corrected chi connectivity index (χ4v) is 1.61. The largest absolute Gasteiger partial charge is 0.416 e. The Morgan fingerprint density at radius 2 is 1.22 bits per heavy atom. The molecule has 0 nitrogen and oxygen atoms in total. The predicted molar refractivity (Wildman–Crippen MR) is 64.8 cm³/mol. The number of hydrogen-bond donors (Lipinski definition) is 0. The van der Waals surface area contributed by atoms with E-state index < -0.39 is 11.7 Å². The maximum absolute atomic E-state index is 12.4. The van der Waals surface area contributed by atoms with Crippen molar-refractivity contribution in [2.24, 2.45) is 0 Å². The number of alkyl halides is 3. The first-order chi connectivity index (χ1) is 8.50. The summed E-state index contributed by atoms with van der Waals surface area (Å²) in [5.74, 6) is 2.49. The van der Waals surface area contributed by atoms with E-state index in [1.54, 1.807) is 24.3 Å². The third kappa shape index (κ3) is 2.54. The van der Waals surface area contributed by atoms with E-state index >= 15 is 0 Å². The zero-order valence-corrected chi connectivity index (χ0v) is 9.33. The lowest BCUT2D eigenvalue weighted by Crippen LogP contribution is -2.03. The summed E-state index contributed by atoms with van der Waals surface area (Å²) in [6, 6.07) is 12.1. The molecule has 0 atom stereocenters. The molecule has 0 bridgehead atoms. The highest BCUT2D eigenvalue weighted by molar-refractivity contribution is 5.64. The van der Waals surface area contributed by atoms with E-state index in [2.05, 4.69) is 5.92 Å². The van der Waals surface area contributed by atoms with E-state index in [0.717, 1.165) is 28.8 Å². The molecule has 0 aliphatic carbocycles. The van der Waals surface area contributed by atoms with Crippen LogP contribution in [0.5, 0.6) is 0 Å². The zero-order valence-electron chi connectivity index (χ0n) is 9.33. The number of hydrogen-bond acceptors (Lipinski definition) is 0. The second-order valence-corrected chi connectivity index (χ2v) is 3.80. The van der Waals surface area contributed by atoms with Gasteiger partial charge in [-0.3, -0.25) is 0 Å². The van der Waals surface area contributed by atoms with Crippen molar-refractivity contribution in [3.8, 4) is 23.5 Å². The van der Waals surface area contributed by atoms with Crippen LogP contribution < -0.4 is 0 Å². The standard InChI is InChI=1S/C15H9F3/c1-2-11-3-5-12(6-4-11)13-7-9-14(10-8-13)15(16,17)18/h1,3-10H. The van der Waals surface area contributed by atoms with Crippen LogP contribution in [0.2, 0.25) is 0 Å². The van der Waals surface area contributed by atoms with Crippen molar-refractivity contribution in [1.29, 1.82) is 0 Å². The SMILES string of the molecule is C#Cc1ccc(-c2ccc(C(F)(F)F)cc2)cc1. The van der Waals surface area contributed by atoms with E-state index in [9.17, 15) is 13.2 Å². The fourth-order valence-electron chi connectivity index (χ4n) is 1.61. The van der Waals surface area contributed by atoms with Gasteiger partial charge in [0.1, 0.15) is 0 Å². The Balaban J connectivity index is 2.32. The minimum atomic E-state index is -4.30. The lowest BCUT2D eigenvalue weighted by Gasteiger charge is -2.07. The van der Waals surface area contributed by atoms with Crippen LogP contribution in [0.15, 0.2) is 48.5 Å². The molecule has 90 valence electrons. The van der Waals surface area contributed by atoms with Gasteiger partial charge in [0.15, 0.2) is 0 Å². The number of benzene rings is 2. The third-order valence-electron chi connectivity index (χ3n) is 2.60. The van der Waals surface area contributed by atoms with Gasteiger partial charge >= 0.3 is 6.18 Å². The molecule has 0 amide bonds. The van der Waals surface area contributed by atoms with Gasteiger partial charge in [0.05, 0.1) is 5.56 Å². The van der Waals surface area contributed by atoms with Crippen LogP contribution in [0.25, 0.3) is 11.1 Å². The molecule has 0 fully saturated rings. The first-order valence-corrected chi connectivity index (χ1v) is 5.25. The lowest BCUT2D eigenvalue weighted by molar-refractivity contribution is -0.137. The van der Waals surface area contributed by atoms with Gasteiger partial charge in [-0.15, -0.1) is 6.42 Å². The summed E-state index contributed by atoms with van der Waals surface area (Å²) >= 11 is 0. The van der Waals surface area contributed by atoms with Crippen molar-refractivity contribution in [3.05, 3.63) is 59.7 Å². The molecule has 0 heterocycles. The molecule has 2 rings (SSSR count). The van der Waals surface area contributed by atoms with Gasteiger partial charge in [-0.05, 0) is 35.4 Å². The normalized spacial score (nSPS) is 11.0. The average Bonchev–Trinajstić information content (AvgIpc) is 2.38. The number of halogens is 3. The van der Waals surface area contributed by atoms with Gasteiger partial charge in [0.2, 0.25) is 0 Å². The van der Waals surface area contributed by atoms with Crippen molar-refractivity contribution < 1.29 is 13.2 Å². The minimum absolute atomic E-state index is 0.647. The van der Waals surface area contributed by atoms with E-state index in [0.29, 0.717) is 0 Å². The Kier molecular flexibility index (Phi) is 3.12. The summed E-state index contributed by atoms with van der Waals surface area (Å²) in [4.78, 5) is 0. The molecule has 0 N–H and O–H groups in total. The molecule has 0 aliphatic heterocycles. The number of rotatable bonds is 1. The second-order valence-electron chi connectivity index (χ2n) is 3.80. The minimum Gasteiger partial charge on any atom is -0.166 e. The summed E-state index contributed by atoms with van der Waals surface area (Å²) in [6.07, 6.45) is 0.932. The van der Waals surface area contributed by atoms with Crippen LogP contribution in [0.4, 0.5) is 13.2 Å². The molecule has 3 heteroatoms. The third-order valence-corrected chi connectivity index (χ3v) is 2.60. The van der Waals surface area contributed by atoms with Crippen molar-refractivity contribution in [2.75, 3.05) is 0 Å². The van der Waals surface area contributed by atoms with Crippen LogP contribution >= 0.6 is 0 Å². The molecule has 2 aromatic carbocycles. The summed E-state index contributed by atoms with van der Waals surface area (Å²) in [5.41, 5.74) is 1.66. The summed E-state index contributed by atoms with van der Waals surface area (Å²) < 4.78 is 37.2. The van der Waals surface area contributed by atoms with Crippen molar-refractivity contribution in [3.63, 3.8) is 0 Å². The van der Waals surface area contributed by atoms with E-state index in [1.807, 2.05) is 0 Å². The van der Waals surface area contributed by atoms with Crippen LogP contribution in [0.1, 0.15) is 11.1 Å². The molecule has 0 unspecified atom stereocenters. The molecule has 0 spiro atoms. The van der Waals surface area contributed by atoms with Crippen molar-refractivity contribution in [1.82, 2.24) is 0 Å². The van der Waals surface area contributed by atoms with Gasteiger partial charge in [-0.25, -0.2) is 0 Å². The molecule has 0 aromatic heterocycles. The molecular formula is C15H9F3. The second kappa shape index (κ2) is 4.58.